The Bertz CT molecular complexity index is 1320. The van der Waals surface area contributed by atoms with Gasteiger partial charge in [0.15, 0.2) is 11.6 Å². The highest BCUT2D eigenvalue weighted by molar-refractivity contribution is 6.29. The van der Waals surface area contributed by atoms with Crippen molar-refractivity contribution in [1.29, 1.82) is 0 Å². The van der Waals surface area contributed by atoms with E-state index in [0.29, 0.717) is 36.1 Å². The van der Waals surface area contributed by atoms with Crippen LogP contribution in [0, 0.1) is 11.8 Å². The van der Waals surface area contributed by atoms with Gasteiger partial charge in [-0.25, -0.2) is 9.97 Å². The molecule has 0 saturated carbocycles. The van der Waals surface area contributed by atoms with Crippen LogP contribution in [-0.4, -0.2) is 86.8 Å². The Morgan fingerprint density at radius 2 is 1.26 bits per heavy atom. The van der Waals surface area contributed by atoms with Crippen LogP contribution in [0.2, 0.25) is 5.15 Å². The molecule has 256 valence electrons. The van der Waals surface area contributed by atoms with Crippen LogP contribution in [0.25, 0.3) is 0 Å². The minimum absolute atomic E-state index is 0. The topological polar surface area (TPSA) is 71.6 Å². The predicted octanol–water partition coefficient (Wildman–Crippen LogP) is 6.79. The molecule has 0 aromatic carbocycles. The highest BCUT2D eigenvalue weighted by Crippen LogP contribution is 2.39. The van der Waals surface area contributed by atoms with E-state index in [1.54, 1.807) is 4.90 Å². The van der Waals surface area contributed by atoms with Crippen LogP contribution in [0.3, 0.4) is 0 Å². The van der Waals surface area contributed by atoms with E-state index in [2.05, 4.69) is 41.8 Å². The Morgan fingerprint density at radius 3 is 1.78 bits per heavy atom. The van der Waals surface area contributed by atoms with E-state index in [9.17, 15) is 26.3 Å². The molecule has 0 amide bonds. The Morgan fingerprint density at radius 1 is 0.674 bits per heavy atom. The summed E-state index contributed by atoms with van der Waals surface area (Å²) in [5, 5.41) is 10.1. The maximum Gasteiger partial charge on any atom is 0.393 e. The molecular weight excluding hydrogens is 634 g/mol. The second-order valence-electron chi connectivity index (χ2n) is 12.6. The molecule has 8 nitrogen and oxygen atoms in total. The summed E-state index contributed by atoms with van der Waals surface area (Å²) >= 11 is 5.86. The van der Waals surface area contributed by atoms with Gasteiger partial charge < -0.3 is 30.7 Å². The normalized spacial score (nSPS) is 26.2. The Hall–Kier alpha value is -2.87. The summed E-state index contributed by atoms with van der Waals surface area (Å²) in [6, 6.07) is 8.73. The van der Waals surface area contributed by atoms with Gasteiger partial charge in [-0.15, -0.1) is 0 Å². The highest BCUT2D eigenvalue weighted by Gasteiger charge is 2.44. The number of anilines is 5. The summed E-state index contributed by atoms with van der Waals surface area (Å²) in [6.45, 7) is 5.32. The first-order valence-corrected chi connectivity index (χ1v) is 16.1. The SMILES string of the molecule is C.Clc1ccc2c(n1)N[C@H]1CCCN2C1.FC(F)(F)C1CCN(c2ccc3c(n2)N[C@H]2CCCN3C2)C1.FC(F)(F)C1CCNC1. The molecule has 0 aliphatic carbocycles. The summed E-state index contributed by atoms with van der Waals surface area (Å²) in [5.74, 6) is 0.0930. The standard InChI is InChI=1S/C15H19F3N4.C10H12ClN3.C5H8F3N.CH4/c16-15(17,18)10-5-7-22(8-10)13-4-3-12-14(20-13)19-11-2-1-6-21(12)9-11;11-9-4-3-8-10(13-9)12-7-2-1-5-14(8)6-7;6-5(7,8)4-1-2-9-3-4;/h3-4,10-11H,1-2,5-9H2,(H,19,20);3-4,7H,1-2,5-6H2,(H,12,13);4,9H,1-3H2;1H4/t10?,11-;7-;;/m00../s1. The van der Waals surface area contributed by atoms with Gasteiger partial charge in [0.2, 0.25) is 0 Å². The number of nitrogens with zero attached hydrogens (tertiary/aromatic N) is 5. The van der Waals surface area contributed by atoms with Crippen LogP contribution < -0.4 is 30.7 Å². The molecule has 8 heterocycles. The van der Waals surface area contributed by atoms with E-state index in [0.717, 1.165) is 56.3 Å². The smallest absolute Gasteiger partial charge is 0.366 e. The van der Waals surface area contributed by atoms with Crippen molar-refractivity contribution in [2.75, 3.05) is 77.7 Å². The molecule has 8 rings (SSSR count). The van der Waals surface area contributed by atoms with Gasteiger partial charge in [0.05, 0.1) is 23.2 Å². The summed E-state index contributed by atoms with van der Waals surface area (Å²) in [5.41, 5.74) is 2.27. The number of aromatic nitrogens is 2. The third-order valence-electron chi connectivity index (χ3n) is 9.40. The lowest BCUT2D eigenvalue weighted by Gasteiger charge is -2.41. The van der Waals surface area contributed by atoms with Crippen LogP contribution in [-0.2, 0) is 0 Å². The summed E-state index contributed by atoms with van der Waals surface area (Å²) in [4.78, 5) is 15.4. The van der Waals surface area contributed by atoms with Gasteiger partial charge in [-0.05, 0) is 69.3 Å². The molecule has 46 heavy (non-hydrogen) atoms. The Labute approximate surface area is 271 Å². The van der Waals surface area contributed by atoms with Gasteiger partial charge in [0, 0.05) is 57.9 Å². The lowest BCUT2D eigenvalue weighted by molar-refractivity contribution is -0.169. The van der Waals surface area contributed by atoms with Crippen molar-refractivity contribution in [3.8, 4) is 0 Å². The molecule has 3 N–H and O–H groups in total. The van der Waals surface area contributed by atoms with Gasteiger partial charge in [-0.1, -0.05) is 19.0 Å². The van der Waals surface area contributed by atoms with Crippen molar-refractivity contribution < 1.29 is 26.3 Å². The van der Waals surface area contributed by atoms with Crippen LogP contribution in [0.15, 0.2) is 24.3 Å². The molecule has 2 aromatic rings. The highest BCUT2D eigenvalue weighted by atomic mass is 35.5. The van der Waals surface area contributed by atoms with Gasteiger partial charge in [-0.2, -0.15) is 26.3 Å². The van der Waals surface area contributed by atoms with Crippen LogP contribution in [0.1, 0.15) is 46.0 Å². The number of halogens is 7. The average Bonchev–Trinajstić information content (AvgIpc) is 3.71. The van der Waals surface area contributed by atoms with Crippen molar-refractivity contribution >= 4 is 40.4 Å². The lowest BCUT2D eigenvalue weighted by atomic mass is 10.0. The van der Waals surface area contributed by atoms with Crippen molar-refractivity contribution in [3.05, 3.63) is 29.4 Å². The number of hydrogen-bond donors (Lipinski definition) is 3. The van der Waals surface area contributed by atoms with Crippen molar-refractivity contribution in [2.24, 2.45) is 11.8 Å². The zero-order chi connectivity index (χ0) is 31.8. The molecule has 6 aliphatic rings. The molecule has 4 saturated heterocycles. The zero-order valence-electron chi connectivity index (χ0n) is 24.9. The Balaban J connectivity index is 0.000000149. The van der Waals surface area contributed by atoms with Gasteiger partial charge in [-0.3, -0.25) is 0 Å². The molecule has 4 atom stereocenters. The third kappa shape index (κ3) is 7.98. The quantitative estimate of drug-likeness (QED) is 0.226. The average molecular weight is 677 g/mol. The minimum atomic E-state index is -4.11. The van der Waals surface area contributed by atoms with Crippen LogP contribution >= 0.6 is 11.6 Å². The van der Waals surface area contributed by atoms with Crippen molar-refractivity contribution in [1.82, 2.24) is 15.3 Å². The maximum absolute atomic E-state index is 12.8. The first-order chi connectivity index (χ1) is 21.4. The van der Waals surface area contributed by atoms with E-state index in [-0.39, 0.29) is 33.4 Å². The zero-order valence-corrected chi connectivity index (χ0v) is 25.7. The third-order valence-corrected chi connectivity index (χ3v) is 9.61. The fourth-order valence-electron chi connectivity index (χ4n) is 6.95. The van der Waals surface area contributed by atoms with Gasteiger partial charge in [0.1, 0.15) is 11.0 Å². The lowest BCUT2D eigenvalue weighted by Crippen LogP contribution is -2.46. The second kappa shape index (κ2) is 14.1. The monoisotopic (exact) mass is 676 g/mol. The van der Waals surface area contributed by atoms with Crippen LogP contribution in [0.5, 0.6) is 0 Å². The molecule has 2 aromatic heterocycles. The maximum atomic E-state index is 12.8. The van der Waals surface area contributed by atoms with Crippen molar-refractivity contribution in [2.45, 2.75) is 70.4 Å². The number of fused-ring (bicyclic) bond motifs is 8. The number of pyridine rings is 2. The fraction of sp³-hybridized carbons (Fsp3) is 0.677. The molecule has 15 heteroatoms. The van der Waals surface area contributed by atoms with Crippen molar-refractivity contribution in [3.63, 3.8) is 0 Å². The van der Waals surface area contributed by atoms with Crippen LogP contribution in [0.4, 0.5) is 55.2 Å². The van der Waals surface area contributed by atoms with E-state index < -0.39 is 24.2 Å². The van der Waals surface area contributed by atoms with Gasteiger partial charge in [0.25, 0.3) is 0 Å². The predicted molar refractivity (Wildman–Crippen MR) is 171 cm³/mol. The second-order valence-corrected chi connectivity index (χ2v) is 13.0. The molecule has 4 bridgehead atoms. The molecule has 2 unspecified atom stereocenters. The molecule has 6 aliphatic heterocycles. The number of nitrogens with one attached hydrogen (secondary N) is 3. The van der Waals surface area contributed by atoms with Gasteiger partial charge >= 0.3 is 12.4 Å². The fourth-order valence-corrected chi connectivity index (χ4v) is 7.10. The molecule has 4 fully saturated rings. The van der Waals surface area contributed by atoms with E-state index in [1.165, 1.54) is 18.5 Å². The molecular formula is C31H43ClF6N8. The first-order valence-electron chi connectivity index (χ1n) is 15.7. The number of piperidine rings is 2. The van der Waals surface area contributed by atoms with E-state index in [1.807, 2.05) is 18.2 Å². The summed E-state index contributed by atoms with van der Waals surface area (Å²) in [7, 11) is 0. The number of alkyl halides is 6. The first kappa shape index (κ1) is 34.5. The number of rotatable bonds is 1. The van der Waals surface area contributed by atoms with E-state index in [4.69, 9.17) is 11.6 Å². The Kier molecular flexibility index (Phi) is 10.6. The summed E-state index contributed by atoms with van der Waals surface area (Å²) in [6.07, 6.45) is -2.90. The molecule has 0 radical (unpaired) electrons. The largest absolute Gasteiger partial charge is 0.393 e. The summed E-state index contributed by atoms with van der Waals surface area (Å²) < 4.78 is 73.6. The number of hydrogen-bond acceptors (Lipinski definition) is 8. The van der Waals surface area contributed by atoms with E-state index >= 15 is 0 Å². The minimum Gasteiger partial charge on any atom is -0.366 e. The molecule has 0 spiro atoms.